The highest BCUT2D eigenvalue weighted by molar-refractivity contribution is 7.99. The number of morpholine rings is 1. The predicted octanol–water partition coefficient (Wildman–Crippen LogP) is 4.67. The number of thioether (sulfide) groups is 1. The first-order valence-corrected chi connectivity index (χ1v) is 10.7. The third-order valence-electron chi connectivity index (χ3n) is 4.81. The van der Waals surface area contributed by atoms with Crippen LogP contribution in [0, 0.1) is 0 Å². The molecule has 1 atom stereocenters. The van der Waals surface area contributed by atoms with Crippen LogP contribution in [0.3, 0.4) is 0 Å². The minimum absolute atomic E-state index is 0.116. The predicted molar refractivity (Wildman–Crippen MR) is 114 cm³/mol. The van der Waals surface area contributed by atoms with Gasteiger partial charge >= 0.3 is 0 Å². The Balaban J connectivity index is 1.67. The average Bonchev–Trinajstić information content (AvgIpc) is 3.16. The van der Waals surface area contributed by atoms with Crippen LogP contribution in [0.5, 0.6) is 0 Å². The van der Waals surface area contributed by atoms with Crippen molar-refractivity contribution in [3.8, 4) is 0 Å². The zero-order valence-electron chi connectivity index (χ0n) is 15.8. The summed E-state index contributed by atoms with van der Waals surface area (Å²) in [5, 5.41) is 10.8. The Labute approximate surface area is 174 Å². The number of benzene rings is 2. The molecule has 28 heavy (non-hydrogen) atoms. The molecule has 5 nitrogen and oxygen atoms in total. The molecule has 1 aliphatic heterocycles. The normalized spacial score (nSPS) is 15.6. The average molecular weight is 415 g/mol. The number of aromatic nitrogens is 3. The van der Waals surface area contributed by atoms with E-state index in [1.54, 1.807) is 11.8 Å². The lowest BCUT2D eigenvalue weighted by molar-refractivity contribution is 0.121. The molecule has 0 aliphatic carbocycles. The Morgan fingerprint density at radius 1 is 1.00 bits per heavy atom. The van der Waals surface area contributed by atoms with E-state index in [0.717, 1.165) is 49.0 Å². The Morgan fingerprint density at radius 3 is 2.36 bits per heavy atom. The van der Waals surface area contributed by atoms with E-state index in [4.69, 9.17) is 16.3 Å². The van der Waals surface area contributed by atoms with Gasteiger partial charge in [0.1, 0.15) is 0 Å². The van der Waals surface area contributed by atoms with Gasteiger partial charge in [-0.15, -0.1) is 10.2 Å². The molecule has 7 heteroatoms. The Bertz CT molecular complexity index is 895. The first kappa shape index (κ1) is 19.3. The number of hydrogen-bond acceptors (Lipinski definition) is 5. The Hall–Kier alpha value is -2.02. The highest BCUT2D eigenvalue weighted by Crippen LogP contribution is 2.40. The minimum atomic E-state index is 0.116. The van der Waals surface area contributed by atoms with E-state index in [1.807, 2.05) is 18.2 Å². The standard InChI is InChI=1S/C21H23ClN4OS/c1-2-26-20(25-12-14-27-15-13-25)23-24-21(26)28-19(16-6-4-3-5-7-16)17-8-10-18(22)11-9-17/h3-11,19H,2,12-15H2,1H3/t19-/m1/s1. The number of halogens is 1. The highest BCUT2D eigenvalue weighted by Gasteiger charge is 2.23. The fourth-order valence-corrected chi connectivity index (χ4v) is 4.69. The van der Waals surface area contributed by atoms with Gasteiger partial charge in [-0.1, -0.05) is 65.8 Å². The molecule has 0 amide bonds. The van der Waals surface area contributed by atoms with E-state index in [9.17, 15) is 0 Å². The van der Waals surface area contributed by atoms with Gasteiger partial charge < -0.3 is 9.64 Å². The van der Waals surface area contributed by atoms with Crippen molar-refractivity contribution in [3.63, 3.8) is 0 Å². The van der Waals surface area contributed by atoms with Crippen molar-refractivity contribution in [2.24, 2.45) is 0 Å². The van der Waals surface area contributed by atoms with Crippen molar-refractivity contribution in [2.45, 2.75) is 23.9 Å². The van der Waals surface area contributed by atoms with Crippen LogP contribution in [0.2, 0.25) is 5.02 Å². The SMILES string of the molecule is CCn1c(S[C@H](c2ccccc2)c2ccc(Cl)cc2)nnc1N1CCOCC1. The van der Waals surface area contributed by atoms with Gasteiger partial charge in [0, 0.05) is 24.7 Å². The molecule has 3 aromatic rings. The second kappa shape index (κ2) is 8.99. The van der Waals surface area contributed by atoms with E-state index in [2.05, 4.69) is 63.0 Å². The smallest absolute Gasteiger partial charge is 0.228 e. The van der Waals surface area contributed by atoms with Crippen molar-refractivity contribution in [1.82, 2.24) is 14.8 Å². The van der Waals surface area contributed by atoms with Crippen LogP contribution < -0.4 is 4.90 Å². The monoisotopic (exact) mass is 414 g/mol. The van der Waals surface area contributed by atoms with Crippen LogP contribution in [-0.4, -0.2) is 41.1 Å². The van der Waals surface area contributed by atoms with Crippen molar-refractivity contribution in [1.29, 1.82) is 0 Å². The third kappa shape index (κ3) is 4.19. The molecule has 0 spiro atoms. The summed E-state index contributed by atoms with van der Waals surface area (Å²) in [6.07, 6.45) is 0. The van der Waals surface area contributed by atoms with Gasteiger partial charge in [0.2, 0.25) is 5.95 Å². The fourth-order valence-electron chi connectivity index (χ4n) is 3.34. The summed E-state index contributed by atoms with van der Waals surface area (Å²) in [5.74, 6) is 0.927. The molecule has 1 fully saturated rings. The van der Waals surface area contributed by atoms with Crippen LogP contribution in [0.4, 0.5) is 5.95 Å². The maximum atomic E-state index is 6.11. The molecule has 1 aromatic heterocycles. The van der Waals surface area contributed by atoms with Gasteiger partial charge in [0.15, 0.2) is 5.16 Å². The van der Waals surface area contributed by atoms with E-state index in [1.165, 1.54) is 11.1 Å². The van der Waals surface area contributed by atoms with Crippen molar-refractivity contribution in [2.75, 3.05) is 31.2 Å². The highest BCUT2D eigenvalue weighted by atomic mass is 35.5. The first-order valence-electron chi connectivity index (χ1n) is 9.49. The number of rotatable bonds is 6. The molecule has 146 valence electrons. The molecule has 2 aromatic carbocycles. The van der Waals surface area contributed by atoms with E-state index in [0.29, 0.717) is 0 Å². The largest absolute Gasteiger partial charge is 0.378 e. The van der Waals surface area contributed by atoms with Gasteiger partial charge in [-0.25, -0.2) is 0 Å². The molecule has 1 saturated heterocycles. The summed E-state index contributed by atoms with van der Waals surface area (Å²) in [4.78, 5) is 2.25. The molecule has 0 unspecified atom stereocenters. The second-order valence-corrected chi connectivity index (χ2v) is 8.10. The van der Waals surface area contributed by atoms with E-state index >= 15 is 0 Å². The van der Waals surface area contributed by atoms with Crippen molar-refractivity contribution in [3.05, 3.63) is 70.7 Å². The van der Waals surface area contributed by atoms with Gasteiger partial charge in [-0.05, 0) is 30.2 Å². The van der Waals surface area contributed by atoms with Crippen LogP contribution in [0.25, 0.3) is 0 Å². The lowest BCUT2D eigenvalue weighted by Crippen LogP contribution is -2.38. The summed E-state index contributed by atoms with van der Waals surface area (Å²) in [6.45, 7) is 6.12. The zero-order chi connectivity index (χ0) is 19.3. The van der Waals surface area contributed by atoms with Crippen LogP contribution in [0.1, 0.15) is 23.3 Å². The number of hydrogen-bond donors (Lipinski definition) is 0. The molecule has 2 heterocycles. The Morgan fingerprint density at radius 2 is 1.68 bits per heavy atom. The van der Waals surface area contributed by atoms with E-state index < -0.39 is 0 Å². The van der Waals surface area contributed by atoms with Crippen molar-refractivity contribution >= 4 is 29.3 Å². The number of nitrogens with zero attached hydrogens (tertiary/aromatic N) is 4. The van der Waals surface area contributed by atoms with Gasteiger partial charge in [0.05, 0.1) is 18.5 Å². The third-order valence-corrected chi connectivity index (χ3v) is 6.35. The molecule has 4 rings (SSSR count). The van der Waals surface area contributed by atoms with Gasteiger partial charge in [-0.3, -0.25) is 4.57 Å². The molecule has 1 aliphatic rings. The van der Waals surface area contributed by atoms with E-state index in [-0.39, 0.29) is 5.25 Å². The number of ether oxygens (including phenoxy) is 1. The van der Waals surface area contributed by atoms with Crippen LogP contribution in [0.15, 0.2) is 59.8 Å². The summed E-state index contributed by atoms with van der Waals surface area (Å²) < 4.78 is 7.67. The quantitative estimate of drug-likeness (QED) is 0.548. The molecule has 0 bridgehead atoms. The molecule has 0 N–H and O–H groups in total. The minimum Gasteiger partial charge on any atom is -0.378 e. The van der Waals surface area contributed by atoms with Crippen LogP contribution in [-0.2, 0) is 11.3 Å². The lowest BCUT2D eigenvalue weighted by Gasteiger charge is -2.27. The first-order chi connectivity index (χ1) is 13.8. The van der Waals surface area contributed by atoms with Crippen molar-refractivity contribution < 1.29 is 4.74 Å². The summed E-state index contributed by atoms with van der Waals surface area (Å²) in [5.41, 5.74) is 2.42. The van der Waals surface area contributed by atoms with Gasteiger partial charge in [0.25, 0.3) is 0 Å². The molecular weight excluding hydrogens is 392 g/mol. The lowest BCUT2D eigenvalue weighted by atomic mass is 10.0. The van der Waals surface area contributed by atoms with Crippen LogP contribution >= 0.6 is 23.4 Å². The topological polar surface area (TPSA) is 43.2 Å². The molecule has 0 radical (unpaired) electrons. The molecular formula is C21H23ClN4OS. The maximum absolute atomic E-state index is 6.11. The Kier molecular flexibility index (Phi) is 6.20. The zero-order valence-corrected chi connectivity index (χ0v) is 17.4. The number of anilines is 1. The summed E-state index contributed by atoms with van der Waals surface area (Å²) >= 11 is 7.84. The molecule has 0 saturated carbocycles. The van der Waals surface area contributed by atoms with Gasteiger partial charge in [-0.2, -0.15) is 0 Å². The summed E-state index contributed by atoms with van der Waals surface area (Å²) in [7, 11) is 0. The maximum Gasteiger partial charge on any atom is 0.228 e. The fraction of sp³-hybridized carbons (Fsp3) is 0.333. The second-order valence-electron chi connectivity index (χ2n) is 6.59. The summed E-state index contributed by atoms with van der Waals surface area (Å²) in [6, 6.07) is 18.5.